The lowest BCUT2D eigenvalue weighted by molar-refractivity contribution is -0.403. The Hall–Kier alpha value is -1.90. The number of fused-ring (bicyclic) bond motifs is 1. The van der Waals surface area contributed by atoms with Gasteiger partial charge >= 0.3 is 0 Å². The van der Waals surface area contributed by atoms with Gasteiger partial charge in [0.25, 0.3) is 5.91 Å². The molecule has 1 aromatic carbocycles. The van der Waals surface area contributed by atoms with Crippen LogP contribution in [-0.4, -0.2) is 23.2 Å². The second-order valence-electron chi connectivity index (χ2n) is 5.74. The largest absolute Gasteiger partial charge is 0.322 e. The maximum Gasteiger partial charge on any atom is 0.250 e. The van der Waals surface area contributed by atoms with Gasteiger partial charge in [0.2, 0.25) is 5.69 Å². The summed E-state index contributed by atoms with van der Waals surface area (Å²) in [5.41, 5.74) is 5.09. The fraction of sp³-hybridized carbons (Fsp3) is 0.375. The molecule has 0 atom stereocenters. The summed E-state index contributed by atoms with van der Waals surface area (Å²) in [5.74, 6) is -0.134. The summed E-state index contributed by atoms with van der Waals surface area (Å²) in [6.07, 6.45) is 0. The highest BCUT2D eigenvalue weighted by atomic mass is 16.1. The molecule has 0 radical (unpaired) electrons. The van der Waals surface area contributed by atoms with Crippen molar-refractivity contribution in [3.8, 4) is 0 Å². The van der Waals surface area contributed by atoms with Gasteiger partial charge in [0.1, 0.15) is 7.05 Å². The summed E-state index contributed by atoms with van der Waals surface area (Å²) in [6, 6.07) is 6.05. The molecule has 0 saturated carbocycles. The van der Waals surface area contributed by atoms with Crippen LogP contribution in [0, 0.1) is 0 Å². The lowest BCUT2D eigenvalue weighted by Gasteiger charge is -2.16. The minimum absolute atomic E-state index is 0.00591. The van der Waals surface area contributed by atoms with Crippen molar-refractivity contribution in [3.05, 3.63) is 35.9 Å². The number of hydrogen-bond acceptors (Lipinski definition) is 1. The van der Waals surface area contributed by atoms with Gasteiger partial charge in [-0.25, -0.2) is 4.58 Å². The molecular formula is C16H21N2O+. The molecule has 3 nitrogen and oxygen atoms in total. The van der Waals surface area contributed by atoms with Crippen LogP contribution in [0.5, 0.6) is 0 Å². The molecule has 1 aromatic rings. The number of carbonyl (C=O) groups is 1. The highest BCUT2D eigenvalue weighted by Gasteiger charge is 2.41. The number of anilines is 1. The molecule has 0 fully saturated rings. The molecule has 2 rings (SSSR count). The fourth-order valence-electron chi connectivity index (χ4n) is 2.44. The zero-order valence-electron chi connectivity index (χ0n) is 12.3. The van der Waals surface area contributed by atoms with Gasteiger partial charge in [0.15, 0.2) is 5.71 Å². The number of amides is 1. The van der Waals surface area contributed by atoms with Gasteiger partial charge in [-0.1, -0.05) is 6.58 Å². The van der Waals surface area contributed by atoms with E-state index in [-0.39, 0.29) is 11.3 Å². The van der Waals surface area contributed by atoms with Crippen molar-refractivity contribution in [2.45, 2.75) is 33.1 Å². The summed E-state index contributed by atoms with van der Waals surface area (Å²) < 4.78 is 2.21. The van der Waals surface area contributed by atoms with Crippen LogP contribution in [0.1, 0.15) is 33.3 Å². The molecule has 19 heavy (non-hydrogen) atoms. The SMILES string of the molecule is C=C(C)C(=O)Nc1ccc2c(c1)C(C)(C)C(C)=[N+]2C. The maximum atomic E-state index is 11.7. The Morgan fingerprint density at radius 1 is 1.37 bits per heavy atom. The Labute approximate surface area is 114 Å². The van der Waals surface area contributed by atoms with E-state index in [9.17, 15) is 4.79 Å². The second kappa shape index (κ2) is 4.34. The quantitative estimate of drug-likeness (QED) is 0.640. The average Bonchev–Trinajstić information content (AvgIpc) is 2.51. The van der Waals surface area contributed by atoms with Crippen LogP contribution in [0.3, 0.4) is 0 Å². The first kappa shape index (κ1) is 13.5. The van der Waals surface area contributed by atoms with Crippen LogP contribution in [-0.2, 0) is 10.2 Å². The Balaban J connectivity index is 2.41. The van der Waals surface area contributed by atoms with Crippen molar-refractivity contribution in [2.24, 2.45) is 0 Å². The molecule has 1 aliphatic rings. The lowest BCUT2D eigenvalue weighted by Crippen LogP contribution is -2.25. The first-order valence-corrected chi connectivity index (χ1v) is 6.44. The van der Waals surface area contributed by atoms with Gasteiger partial charge in [-0.3, -0.25) is 4.79 Å². The van der Waals surface area contributed by atoms with Gasteiger partial charge in [-0.05, 0) is 32.9 Å². The molecule has 1 N–H and O–H groups in total. The Kier molecular flexibility index (Phi) is 3.09. The molecule has 3 heteroatoms. The predicted octanol–water partition coefficient (Wildman–Crippen LogP) is 3.23. The minimum Gasteiger partial charge on any atom is -0.322 e. The van der Waals surface area contributed by atoms with Crippen LogP contribution in [0.15, 0.2) is 30.4 Å². The topological polar surface area (TPSA) is 32.1 Å². The third-order valence-corrected chi connectivity index (χ3v) is 4.08. The predicted molar refractivity (Wildman–Crippen MR) is 79.4 cm³/mol. The van der Waals surface area contributed by atoms with Crippen molar-refractivity contribution >= 4 is 23.0 Å². The molecular weight excluding hydrogens is 236 g/mol. The van der Waals surface area contributed by atoms with Crippen molar-refractivity contribution in [1.29, 1.82) is 0 Å². The van der Waals surface area contributed by atoms with E-state index in [1.807, 2.05) is 6.07 Å². The van der Waals surface area contributed by atoms with E-state index in [2.05, 4.69) is 56.4 Å². The van der Waals surface area contributed by atoms with Gasteiger partial charge < -0.3 is 5.32 Å². The molecule has 1 aliphatic heterocycles. The zero-order chi connectivity index (χ0) is 14.4. The van der Waals surface area contributed by atoms with Crippen LogP contribution in [0.4, 0.5) is 11.4 Å². The third kappa shape index (κ3) is 2.09. The fourth-order valence-corrected chi connectivity index (χ4v) is 2.44. The van der Waals surface area contributed by atoms with Crippen LogP contribution >= 0.6 is 0 Å². The van der Waals surface area contributed by atoms with E-state index >= 15 is 0 Å². The summed E-state index contributed by atoms with van der Waals surface area (Å²) >= 11 is 0. The molecule has 0 saturated heterocycles. The van der Waals surface area contributed by atoms with Gasteiger partial charge in [0.05, 0.1) is 5.41 Å². The number of hydrogen-bond donors (Lipinski definition) is 1. The molecule has 0 spiro atoms. The highest BCUT2D eigenvalue weighted by Crippen LogP contribution is 2.40. The third-order valence-electron chi connectivity index (χ3n) is 4.08. The Morgan fingerprint density at radius 2 is 2.00 bits per heavy atom. The van der Waals surface area contributed by atoms with Gasteiger partial charge in [-0.2, -0.15) is 0 Å². The Bertz CT molecular complexity index is 609. The van der Waals surface area contributed by atoms with E-state index in [1.54, 1.807) is 6.92 Å². The standard InChI is InChI=1S/C16H20N2O/c1-10(2)15(19)17-12-7-8-14-13(9-12)16(4,5)11(3)18(14)6/h7-9H,1H2,2-6H3/p+1. The molecule has 0 aromatic heterocycles. The van der Waals surface area contributed by atoms with Crippen molar-refractivity contribution in [2.75, 3.05) is 12.4 Å². The number of nitrogens with one attached hydrogen (secondary N) is 1. The summed E-state index contributed by atoms with van der Waals surface area (Å²) in [6.45, 7) is 11.9. The molecule has 1 amide bonds. The number of rotatable bonds is 2. The second-order valence-corrected chi connectivity index (χ2v) is 5.74. The van der Waals surface area contributed by atoms with E-state index in [1.165, 1.54) is 17.0 Å². The summed E-state index contributed by atoms with van der Waals surface area (Å²) in [7, 11) is 2.08. The minimum atomic E-state index is -0.134. The number of benzene rings is 1. The highest BCUT2D eigenvalue weighted by molar-refractivity contribution is 6.03. The first-order chi connectivity index (χ1) is 8.75. The van der Waals surface area contributed by atoms with Crippen molar-refractivity contribution < 1.29 is 9.37 Å². The summed E-state index contributed by atoms with van der Waals surface area (Å²) in [4.78, 5) is 11.7. The number of nitrogens with zero attached hydrogens (tertiary/aromatic N) is 1. The van der Waals surface area contributed by atoms with E-state index in [0.717, 1.165) is 5.69 Å². The number of carbonyl (C=O) groups excluding carboxylic acids is 1. The van der Waals surface area contributed by atoms with E-state index in [0.29, 0.717) is 5.57 Å². The molecule has 0 bridgehead atoms. The molecule has 100 valence electrons. The van der Waals surface area contributed by atoms with E-state index in [4.69, 9.17) is 0 Å². The molecule has 0 unspecified atom stereocenters. The lowest BCUT2D eigenvalue weighted by atomic mass is 9.82. The van der Waals surface area contributed by atoms with Gasteiger partial charge in [0, 0.05) is 29.8 Å². The average molecular weight is 257 g/mol. The van der Waals surface area contributed by atoms with Crippen LogP contribution < -0.4 is 5.32 Å². The van der Waals surface area contributed by atoms with E-state index < -0.39 is 0 Å². The summed E-state index contributed by atoms with van der Waals surface area (Å²) in [5, 5.41) is 2.87. The van der Waals surface area contributed by atoms with Crippen LogP contribution in [0.25, 0.3) is 0 Å². The maximum absolute atomic E-state index is 11.7. The first-order valence-electron chi connectivity index (χ1n) is 6.44. The zero-order valence-corrected chi connectivity index (χ0v) is 12.3. The molecule has 1 heterocycles. The monoisotopic (exact) mass is 257 g/mol. The van der Waals surface area contributed by atoms with Crippen molar-refractivity contribution in [1.82, 2.24) is 0 Å². The van der Waals surface area contributed by atoms with Gasteiger partial charge in [-0.15, -0.1) is 0 Å². The molecule has 0 aliphatic carbocycles. The van der Waals surface area contributed by atoms with Crippen molar-refractivity contribution in [3.63, 3.8) is 0 Å². The normalized spacial score (nSPS) is 16.3. The smallest absolute Gasteiger partial charge is 0.250 e. The van der Waals surface area contributed by atoms with Crippen LogP contribution in [0.2, 0.25) is 0 Å². The Morgan fingerprint density at radius 3 is 2.58 bits per heavy atom.